The summed E-state index contributed by atoms with van der Waals surface area (Å²) in [5, 5.41) is 11.5. The minimum Gasteiger partial charge on any atom is -0.493 e. The van der Waals surface area contributed by atoms with Crippen molar-refractivity contribution in [1.82, 2.24) is 14.1 Å². The minimum absolute atomic E-state index is 0.00473. The van der Waals surface area contributed by atoms with Gasteiger partial charge in [0.2, 0.25) is 5.88 Å². The number of hydrogen-bond acceptors (Lipinski definition) is 5. The van der Waals surface area contributed by atoms with Crippen molar-refractivity contribution < 1.29 is 18.3 Å². The van der Waals surface area contributed by atoms with Crippen molar-refractivity contribution in [1.29, 1.82) is 0 Å². The quantitative estimate of drug-likeness (QED) is 0.416. The van der Waals surface area contributed by atoms with Crippen molar-refractivity contribution in [3.8, 4) is 11.6 Å². The summed E-state index contributed by atoms with van der Waals surface area (Å²) in [5.41, 5.74) is -1.68. The molecule has 172 valence electrons. The standard InChI is InChI=1S/C23H21F3N4O2S/c1-14-21(31)30(16-7-9-17(10-8-16)33-23(24,25)26)22(32)29(14)13-15-11-12-27-20-18(15)5-4-6-19(20)28(2)3/h4-12,31H,13H2,1-3H3. The molecule has 10 heteroatoms. The second-order valence-corrected chi connectivity index (χ2v) is 8.83. The van der Waals surface area contributed by atoms with E-state index in [1.54, 1.807) is 13.1 Å². The van der Waals surface area contributed by atoms with Gasteiger partial charge < -0.3 is 10.0 Å². The van der Waals surface area contributed by atoms with Crippen LogP contribution in [0.2, 0.25) is 0 Å². The van der Waals surface area contributed by atoms with Gasteiger partial charge >= 0.3 is 11.2 Å². The van der Waals surface area contributed by atoms with Crippen LogP contribution in [0.25, 0.3) is 16.6 Å². The molecule has 0 atom stereocenters. The molecule has 0 fully saturated rings. The maximum atomic E-state index is 13.2. The zero-order valence-electron chi connectivity index (χ0n) is 18.1. The highest BCUT2D eigenvalue weighted by atomic mass is 32.2. The van der Waals surface area contributed by atoms with Crippen molar-refractivity contribution in [2.24, 2.45) is 0 Å². The fourth-order valence-corrected chi connectivity index (χ4v) is 4.28. The second kappa shape index (κ2) is 8.51. The van der Waals surface area contributed by atoms with E-state index < -0.39 is 11.2 Å². The highest BCUT2D eigenvalue weighted by molar-refractivity contribution is 8.00. The molecule has 0 saturated heterocycles. The van der Waals surface area contributed by atoms with Crippen LogP contribution in [0.15, 0.2) is 64.4 Å². The van der Waals surface area contributed by atoms with E-state index in [9.17, 15) is 23.1 Å². The maximum absolute atomic E-state index is 13.2. The summed E-state index contributed by atoms with van der Waals surface area (Å²) >= 11 is -0.237. The molecule has 0 aliphatic carbocycles. The van der Waals surface area contributed by atoms with Crippen LogP contribution in [-0.2, 0) is 6.54 Å². The normalized spacial score (nSPS) is 11.8. The van der Waals surface area contributed by atoms with E-state index in [-0.39, 0.29) is 34.8 Å². The molecule has 2 aromatic heterocycles. The van der Waals surface area contributed by atoms with E-state index >= 15 is 0 Å². The van der Waals surface area contributed by atoms with Crippen LogP contribution in [0, 0.1) is 6.92 Å². The maximum Gasteiger partial charge on any atom is 0.446 e. The number of aromatic nitrogens is 3. The van der Waals surface area contributed by atoms with E-state index in [4.69, 9.17) is 0 Å². The molecule has 0 radical (unpaired) electrons. The molecule has 0 bridgehead atoms. The van der Waals surface area contributed by atoms with Gasteiger partial charge in [0.05, 0.1) is 29.1 Å². The first kappa shape index (κ1) is 22.8. The Morgan fingerprint density at radius 1 is 1.09 bits per heavy atom. The number of hydrogen-bond donors (Lipinski definition) is 1. The Balaban J connectivity index is 1.74. The summed E-state index contributed by atoms with van der Waals surface area (Å²) in [6.07, 6.45) is 1.68. The third kappa shape index (κ3) is 4.43. The van der Waals surface area contributed by atoms with Crippen LogP contribution >= 0.6 is 11.8 Å². The first-order valence-electron chi connectivity index (χ1n) is 9.98. The van der Waals surface area contributed by atoms with Crippen LogP contribution in [0.4, 0.5) is 18.9 Å². The largest absolute Gasteiger partial charge is 0.493 e. The number of benzene rings is 2. The lowest BCUT2D eigenvalue weighted by Gasteiger charge is -2.16. The van der Waals surface area contributed by atoms with E-state index in [1.807, 2.05) is 43.3 Å². The average molecular weight is 475 g/mol. The fourth-order valence-electron chi connectivity index (χ4n) is 3.74. The van der Waals surface area contributed by atoms with Crippen LogP contribution in [0.5, 0.6) is 5.88 Å². The third-order valence-corrected chi connectivity index (χ3v) is 6.08. The number of aromatic hydroxyl groups is 1. The summed E-state index contributed by atoms with van der Waals surface area (Å²) in [5.74, 6) is -0.261. The predicted molar refractivity (Wildman–Crippen MR) is 124 cm³/mol. The van der Waals surface area contributed by atoms with Gasteiger partial charge in [-0.05, 0) is 60.6 Å². The summed E-state index contributed by atoms with van der Waals surface area (Å²) < 4.78 is 40.3. The Morgan fingerprint density at radius 2 is 1.79 bits per heavy atom. The van der Waals surface area contributed by atoms with E-state index in [2.05, 4.69) is 4.98 Å². The lowest BCUT2D eigenvalue weighted by molar-refractivity contribution is -0.0328. The van der Waals surface area contributed by atoms with Gasteiger partial charge in [0.15, 0.2) is 0 Å². The number of thioether (sulfide) groups is 1. The average Bonchev–Trinajstić information content (AvgIpc) is 2.96. The van der Waals surface area contributed by atoms with Gasteiger partial charge in [-0.25, -0.2) is 9.36 Å². The predicted octanol–water partition coefficient (Wildman–Crippen LogP) is 4.93. The number of pyridine rings is 1. The molecule has 2 aromatic carbocycles. The molecule has 0 spiro atoms. The summed E-state index contributed by atoms with van der Waals surface area (Å²) in [7, 11) is 3.85. The van der Waals surface area contributed by atoms with E-state index in [1.165, 1.54) is 28.8 Å². The molecule has 6 nitrogen and oxygen atoms in total. The molecular weight excluding hydrogens is 453 g/mol. The SMILES string of the molecule is Cc1c(O)n(-c2ccc(SC(F)(F)F)cc2)c(=O)n1Cc1ccnc2c(N(C)C)cccc12. The monoisotopic (exact) mass is 474 g/mol. The highest BCUT2D eigenvalue weighted by Gasteiger charge is 2.29. The first-order chi connectivity index (χ1) is 15.6. The molecular formula is C23H21F3N4O2S. The van der Waals surface area contributed by atoms with Gasteiger partial charge in [-0.15, -0.1) is 0 Å². The number of para-hydroxylation sites is 1. The molecule has 0 unspecified atom stereocenters. The van der Waals surface area contributed by atoms with Crippen molar-refractivity contribution in [2.45, 2.75) is 23.9 Å². The lowest BCUT2D eigenvalue weighted by atomic mass is 10.1. The highest BCUT2D eigenvalue weighted by Crippen LogP contribution is 2.37. The van der Waals surface area contributed by atoms with Crippen LogP contribution in [-0.4, -0.2) is 38.8 Å². The Hall–Kier alpha value is -3.40. The minimum atomic E-state index is -4.40. The van der Waals surface area contributed by atoms with Crippen LogP contribution in [0.1, 0.15) is 11.3 Å². The third-order valence-electron chi connectivity index (χ3n) is 5.34. The lowest BCUT2D eigenvalue weighted by Crippen LogP contribution is -2.24. The number of nitrogens with zero attached hydrogens (tertiary/aromatic N) is 4. The molecule has 4 aromatic rings. The Labute approximate surface area is 191 Å². The van der Waals surface area contributed by atoms with Crippen LogP contribution in [0.3, 0.4) is 0 Å². The number of halogens is 3. The van der Waals surface area contributed by atoms with Crippen molar-refractivity contribution in [2.75, 3.05) is 19.0 Å². The topological polar surface area (TPSA) is 63.3 Å². The van der Waals surface area contributed by atoms with Crippen molar-refractivity contribution >= 4 is 28.4 Å². The summed E-state index contributed by atoms with van der Waals surface area (Å²) in [4.78, 5) is 19.6. The fraction of sp³-hybridized carbons (Fsp3) is 0.217. The number of anilines is 1. The zero-order chi connectivity index (χ0) is 23.9. The van der Waals surface area contributed by atoms with E-state index in [0.717, 1.165) is 26.7 Å². The van der Waals surface area contributed by atoms with Gasteiger partial charge in [-0.3, -0.25) is 9.55 Å². The molecule has 0 saturated carbocycles. The van der Waals surface area contributed by atoms with Crippen molar-refractivity contribution in [3.05, 3.63) is 76.5 Å². The summed E-state index contributed by atoms with van der Waals surface area (Å²) in [6, 6.07) is 12.9. The second-order valence-electron chi connectivity index (χ2n) is 7.69. The smallest absolute Gasteiger partial charge is 0.446 e. The van der Waals surface area contributed by atoms with Gasteiger partial charge in [0.25, 0.3) is 0 Å². The van der Waals surface area contributed by atoms with Gasteiger partial charge in [-0.1, -0.05) is 12.1 Å². The number of alkyl halides is 3. The molecule has 0 aliphatic heterocycles. The number of rotatable bonds is 5. The molecule has 4 rings (SSSR count). The molecule has 33 heavy (non-hydrogen) atoms. The van der Waals surface area contributed by atoms with Crippen LogP contribution < -0.4 is 10.6 Å². The molecule has 0 amide bonds. The van der Waals surface area contributed by atoms with Crippen molar-refractivity contribution in [3.63, 3.8) is 0 Å². The first-order valence-corrected chi connectivity index (χ1v) is 10.8. The number of imidazole rings is 1. The molecule has 2 heterocycles. The Bertz CT molecular complexity index is 1380. The molecule has 0 aliphatic rings. The van der Waals surface area contributed by atoms with E-state index in [0.29, 0.717) is 5.69 Å². The summed E-state index contributed by atoms with van der Waals surface area (Å²) in [6.45, 7) is 1.82. The molecule has 1 N–H and O–H groups in total. The zero-order valence-corrected chi connectivity index (χ0v) is 18.9. The van der Waals surface area contributed by atoms with Gasteiger partial charge in [0, 0.05) is 30.6 Å². The Kier molecular flexibility index (Phi) is 5.87. The van der Waals surface area contributed by atoms with Gasteiger partial charge in [0.1, 0.15) is 0 Å². The number of fused-ring (bicyclic) bond motifs is 1. The van der Waals surface area contributed by atoms with Gasteiger partial charge in [-0.2, -0.15) is 13.2 Å². The Morgan fingerprint density at radius 3 is 2.42 bits per heavy atom.